The molecule has 0 aromatic carbocycles. The number of hydrogen-bond acceptors (Lipinski definition) is 2. The highest BCUT2D eigenvalue weighted by Gasteiger charge is 2.59. The molecular formula is C27H46O2. The third-order valence-corrected chi connectivity index (χ3v) is 10.5. The van der Waals surface area contributed by atoms with Gasteiger partial charge in [0, 0.05) is 0 Å². The summed E-state index contributed by atoms with van der Waals surface area (Å²) in [4.78, 5) is 0. The van der Waals surface area contributed by atoms with E-state index in [4.69, 9.17) is 0 Å². The van der Waals surface area contributed by atoms with Gasteiger partial charge in [0.2, 0.25) is 0 Å². The second kappa shape index (κ2) is 7.97. The van der Waals surface area contributed by atoms with Crippen molar-refractivity contribution >= 4 is 0 Å². The zero-order valence-corrected chi connectivity index (χ0v) is 19.7. The van der Waals surface area contributed by atoms with Crippen LogP contribution in [0.2, 0.25) is 0 Å². The fourth-order valence-electron chi connectivity index (χ4n) is 8.59. The summed E-state index contributed by atoms with van der Waals surface area (Å²) in [6, 6.07) is 0. The van der Waals surface area contributed by atoms with E-state index in [1.165, 1.54) is 44.9 Å². The van der Waals surface area contributed by atoms with Crippen molar-refractivity contribution < 1.29 is 10.2 Å². The monoisotopic (exact) mass is 402 g/mol. The molecule has 3 fully saturated rings. The minimum Gasteiger partial charge on any atom is -0.393 e. The second-order valence-corrected chi connectivity index (χ2v) is 12.3. The van der Waals surface area contributed by atoms with Crippen molar-refractivity contribution in [1.82, 2.24) is 0 Å². The molecule has 0 aliphatic heterocycles. The van der Waals surface area contributed by atoms with Crippen molar-refractivity contribution in [3.05, 3.63) is 11.6 Å². The van der Waals surface area contributed by atoms with E-state index in [0.717, 1.165) is 48.9 Å². The lowest BCUT2D eigenvalue weighted by Gasteiger charge is -2.58. The fraction of sp³-hybridized carbons (Fsp3) is 0.926. The molecule has 0 aromatic rings. The molecule has 3 saturated carbocycles. The van der Waals surface area contributed by atoms with Crippen LogP contribution in [0.3, 0.4) is 0 Å². The average molecular weight is 403 g/mol. The van der Waals surface area contributed by atoms with E-state index < -0.39 is 0 Å². The summed E-state index contributed by atoms with van der Waals surface area (Å²) in [6.07, 6.45) is 14.4. The van der Waals surface area contributed by atoms with Crippen molar-refractivity contribution in [2.45, 2.75) is 111 Å². The summed E-state index contributed by atoms with van der Waals surface area (Å²) in [7, 11) is 0. The van der Waals surface area contributed by atoms with Gasteiger partial charge >= 0.3 is 0 Å². The third kappa shape index (κ3) is 3.65. The molecular weight excluding hydrogens is 356 g/mol. The van der Waals surface area contributed by atoms with Crippen LogP contribution in [-0.2, 0) is 0 Å². The molecule has 0 aromatic heterocycles. The van der Waals surface area contributed by atoms with E-state index >= 15 is 0 Å². The predicted octanol–water partition coefficient (Wildman–Crippen LogP) is 6.36. The van der Waals surface area contributed by atoms with Gasteiger partial charge in [-0.1, -0.05) is 46.3 Å². The summed E-state index contributed by atoms with van der Waals surface area (Å²) in [5.41, 5.74) is 2.44. The van der Waals surface area contributed by atoms with Crippen LogP contribution in [0.4, 0.5) is 0 Å². The molecule has 4 rings (SSSR count). The van der Waals surface area contributed by atoms with Crippen LogP contribution in [0.1, 0.15) is 98.8 Å². The molecule has 2 nitrogen and oxygen atoms in total. The topological polar surface area (TPSA) is 40.5 Å². The highest BCUT2D eigenvalue weighted by atomic mass is 16.3. The van der Waals surface area contributed by atoms with Gasteiger partial charge in [-0.25, -0.2) is 0 Å². The van der Waals surface area contributed by atoms with Crippen LogP contribution in [0.15, 0.2) is 11.6 Å². The molecule has 4 unspecified atom stereocenters. The fourth-order valence-corrected chi connectivity index (χ4v) is 8.59. The van der Waals surface area contributed by atoms with Crippen molar-refractivity contribution in [3.8, 4) is 0 Å². The Morgan fingerprint density at radius 1 is 1.00 bits per heavy atom. The Labute approximate surface area is 179 Å². The zero-order chi connectivity index (χ0) is 21.0. The van der Waals surface area contributed by atoms with Gasteiger partial charge in [0.15, 0.2) is 0 Å². The Kier molecular flexibility index (Phi) is 6.01. The molecule has 0 heterocycles. The maximum absolute atomic E-state index is 10.3. The van der Waals surface area contributed by atoms with Crippen molar-refractivity contribution in [1.29, 1.82) is 0 Å². The minimum atomic E-state index is -0.137. The number of fused-ring (bicyclic) bond motifs is 5. The molecule has 0 spiro atoms. The normalized spacial score (nSPS) is 46.5. The lowest BCUT2D eigenvalue weighted by molar-refractivity contribution is -0.0579. The van der Waals surface area contributed by atoms with Crippen LogP contribution in [0.25, 0.3) is 0 Å². The van der Waals surface area contributed by atoms with E-state index in [1.54, 1.807) is 5.57 Å². The Bertz CT molecular complexity index is 624. The van der Waals surface area contributed by atoms with E-state index in [1.807, 2.05) is 0 Å². The first-order valence-corrected chi connectivity index (χ1v) is 12.7. The van der Waals surface area contributed by atoms with E-state index in [0.29, 0.717) is 16.7 Å². The molecule has 2 heteroatoms. The van der Waals surface area contributed by atoms with Crippen LogP contribution in [0.5, 0.6) is 0 Å². The number of aliphatic hydroxyl groups excluding tert-OH is 2. The van der Waals surface area contributed by atoms with Crippen LogP contribution in [0, 0.1) is 46.3 Å². The standard InChI is InChI=1S/C27H46O2/c1-17(2)25(29)11-6-18(3)22-9-10-23-21-8-7-19-16-20(28)12-14-26(19,4)24(21)13-15-27(22,23)5/h7,17-18,20-25,28-29H,6,8-16H2,1-5H3/t18-,20+,21+,22?,23?,24?,25?,26+,27-/m1/s1. The van der Waals surface area contributed by atoms with E-state index in [9.17, 15) is 10.2 Å². The minimum absolute atomic E-state index is 0.0994. The van der Waals surface area contributed by atoms with Crippen LogP contribution >= 0.6 is 0 Å². The van der Waals surface area contributed by atoms with Crippen molar-refractivity contribution in [2.75, 3.05) is 0 Å². The van der Waals surface area contributed by atoms with Gasteiger partial charge in [0.1, 0.15) is 0 Å². The van der Waals surface area contributed by atoms with Crippen molar-refractivity contribution in [2.24, 2.45) is 46.3 Å². The summed E-state index contributed by atoms with van der Waals surface area (Å²) in [5.74, 6) is 4.51. The average Bonchev–Trinajstić information content (AvgIpc) is 3.03. The highest BCUT2D eigenvalue weighted by Crippen LogP contribution is 2.67. The predicted molar refractivity (Wildman–Crippen MR) is 120 cm³/mol. The zero-order valence-electron chi connectivity index (χ0n) is 19.7. The molecule has 166 valence electrons. The number of allylic oxidation sites excluding steroid dienone is 1. The van der Waals surface area contributed by atoms with Gasteiger partial charge in [-0.15, -0.1) is 0 Å². The first kappa shape index (κ1) is 21.9. The van der Waals surface area contributed by atoms with Gasteiger partial charge in [-0.2, -0.15) is 0 Å². The highest BCUT2D eigenvalue weighted by molar-refractivity contribution is 5.25. The SMILES string of the molecule is CC(C)C(O)CC[C@@H](C)C1CCC2[C@@H]3CC=C4C[C@@H](O)CC[C@]4(C)C3CC[C@@]21C. The van der Waals surface area contributed by atoms with Gasteiger partial charge in [-0.3, -0.25) is 0 Å². The maximum atomic E-state index is 10.3. The van der Waals surface area contributed by atoms with Crippen molar-refractivity contribution in [3.63, 3.8) is 0 Å². The first-order chi connectivity index (χ1) is 13.7. The van der Waals surface area contributed by atoms with Gasteiger partial charge in [-0.05, 0) is 111 Å². The van der Waals surface area contributed by atoms with Gasteiger partial charge in [0.25, 0.3) is 0 Å². The van der Waals surface area contributed by atoms with Crippen LogP contribution in [-0.4, -0.2) is 22.4 Å². The molecule has 29 heavy (non-hydrogen) atoms. The molecule has 4 aliphatic rings. The Morgan fingerprint density at radius 2 is 1.76 bits per heavy atom. The Morgan fingerprint density at radius 3 is 2.48 bits per heavy atom. The number of rotatable bonds is 5. The maximum Gasteiger partial charge on any atom is 0.0577 e. The lowest BCUT2D eigenvalue weighted by atomic mass is 9.47. The van der Waals surface area contributed by atoms with Gasteiger partial charge in [0.05, 0.1) is 12.2 Å². The molecule has 2 N–H and O–H groups in total. The Hall–Kier alpha value is -0.340. The largest absolute Gasteiger partial charge is 0.393 e. The molecule has 4 aliphatic carbocycles. The second-order valence-electron chi connectivity index (χ2n) is 12.3. The lowest BCUT2D eigenvalue weighted by Crippen LogP contribution is -2.50. The number of aliphatic hydroxyl groups is 2. The molecule has 0 radical (unpaired) electrons. The molecule has 0 amide bonds. The molecule has 9 atom stereocenters. The summed E-state index contributed by atoms with van der Waals surface area (Å²) < 4.78 is 0. The summed E-state index contributed by atoms with van der Waals surface area (Å²) in [5, 5.41) is 20.5. The molecule has 0 bridgehead atoms. The third-order valence-electron chi connectivity index (χ3n) is 10.5. The Balaban J connectivity index is 1.49. The number of hydrogen-bond donors (Lipinski definition) is 2. The molecule has 0 saturated heterocycles. The summed E-state index contributed by atoms with van der Waals surface area (Å²) >= 11 is 0. The van der Waals surface area contributed by atoms with Crippen LogP contribution < -0.4 is 0 Å². The van der Waals surface area contributed by atoms with Gasteiger partial charge < -0.3 is 10.2 Å². The van der Waals surface area contributed by atoms with E-state index in [-0.39, 0.29) is 12.2 Å². The smallest absolute Gasteiger partial charge is 0.0577 e. The first-order valence-electron chi connectivity index (χ1n) is 12.7. The van der Waals surface area contributed by atoms with E-state index in [2.05, 4.69) is 40.7 Å². The quantitative estimate of drug-likeness (QED) is 0.525. The summed E-state index contributed by atoms with van der Waals surface area (Å²) in [6.45, 7) is 11.9.